The lowest BCUT2D eigenvalue weighted by Crippen LogP contribution is -2.36. The molecule has 2 aliphatic rings. The van der Waals surface area contributed by atoms with Crippen molar-refractivity contribution in [3.8, 4) is 11.3 Å². The first kappa shape index (κ1) is 28.0. The van der Waals surface area contributed by atoms with E-state index in [9.17, 15) is 4.79 Å². The highest BCUT2D eigenvalue weighted by Gasteiger charge is 2.31. The molecule has 0 saturated carbocycles. The van der Waals surface area contributed by atoms with Gasteiger partial charge in [0.1, 0.15) is 0 Å². The molecule has 42 heavy (non-hydrogen) atoms. The molecular weight excluding hydrogens is 534 g/mol. The van der Waals surface area contributed by atoms with Crippen molar-refractivity contribution in [3.05, 3.63) is 65.8 Å². The van der Waals surface area contributed by atoms with Crippen LogP contribution in [0.25, 0.3) is 11.3 Å². The Kier molecular flexibility index (Phi) is 7.74. The van der Waals surface area contributed by atoms with Crippen molar-refractivity contribution in [1.82, 2.24) is 40.2 Å². The molecule has 5 heterocycles. The van der Waals surface area contributed by atoms with E-state index in [0.717, 1.165) is 73.8 Å². The van der Waals surface area contributed by atoms with Crippen LogP contribution in [-0.2, 0) is 23.2 Å². The van der Waals surface area contributed by atoms with Crippen LogP contribution in [-0.4, -0.2) is 66.6 Å². The summed E-state index contributed by atoms with van der Waals surface area (Å²) in [7, 11) is 0. The number of ether oxygens (including phenoxy) is 1. The van der Waals surface area contributed by atoms with E-state index in [1.54, 1.807) is 12.4 Å². The molecule has 3 aromatic heterocycles. The molecular formula is C30H37N9O3. The largest absolute Gasteiger partial charge is 0.416 e. The second-order valence-electron chi connectivity index (χ2n) is 11.9. The van der Waals surface area contributed by atoms with Gasteiger partial charge in [0.05, 0.1) is 30.2 Å². The lowest BCUT2D eigenvalue weighted by Gasteiger charge is -2.26. The van der Waals surface area contributed by atoms with Gasteiger partial charge in [0.15, 0.2) is 0 Å². The summed E-state index contributed by atoms with van der Waals surface area (Å²) < 4.78 is 13.3. The third-order valence-corrected chi connectivity index (χ3v) is 7.75. The van der Waals surface area contributed by atoms with Crippen LogP contribution in [0.15, 0.2) is 47.3 Å². The van der Waals surface area contributed by atoms with Gasteiger partial charge in [0.25, 0.3) is 0 Å². The fourth-order valence-corrected chi connectivity index (χ4v) is 5.41. The van der Waals surface area contributed by atoms with Gasteiger partial charge in [0.2, 0.25) is 11.8 Å². The Hall–Kier alpha value is -4.16. The SMILES string of the molecule is CCn1cc(Nc2nccc(-c3ccc4c(c3)CN([C@@H]3CCOC3)CC[C@@H]4NC(=O)c3nnc(C(C)(C)C)o3)n2)cn1. The Bertz CT molecular complexity index is 1550. The fraction of sp³-hybridized carbons (Fsp3) is 0.467. The van der Waals surface area contributed by atoms with E-state index in [4.69, 9.17) is 14.1 Å². The maximum absolute atomic E-state index is 13.2. The van der Waals surface area contributed by atoms with Crippen LogP contribution in [0.2, 0.25) is 0 Å². The summed E-state index contributed by atoms with van der Waals surface area (Å²) in [4.78, 5) is 24.9. The number of benzene rings is 1. The van der Waals surface area contributed by atoms with E-state index in [1.807, 2.05) is 44.6 Å². The van der Waals surface area contributed by atoms with Crippen LogP contribution in [0, 0.1) is 0 Å². The smallest absolute Gasteiger partial charge is 0.309 e. The van der Waals surface area contributed by atoms with Crippen molar-refractivity contribution >= 4 is 17.5 Å². The molecule has 6 rings (SSSR count). The molecule has 12 nitrogen and oxygen atoms in total. The van der Waals surface area contributed by atoms with Gasteiger partial charge in [-0.15, -0.1) is 10.2 Å². The van der Waals surface area contributed by atoms with E-state index in [2.05, 4.69) is 54.0 Å². The van der Waals surface area contributed by atoms with Gasteiger partial charge in [-0.2, -0.15) is 5.10 Å². The summed E-state index contributed by atoms with van der Waals surface area (Å²) in [5.74, 6) is 0.550. The number of nitrogens with zero attached hydrogens (tertiary/aromatic N) is 7. The zero-order valence-electron chi connectivity index (χ0n) is 24.5. The Morgan fingerprint density at radius 3 is 2.79 bits per heavy atom. The number of amides is 1. The molecule has 0 spiro atoms. The number of nitrogens with one attached hydrogen (secondary N) is 2. The highest BCUT2D eigenvalue weighted by Crippen LogP contribution is 2.33. The normalized spacial score (nSPS) is 19.3. The minimum Gasteiger partial charge on any atom is -0.416 e. The second-order valence-corrected chi connectivity index (χ2v) is 11.9. The van der Waals surface area contributed by atoms with Gasteiger partial charge >= 0.3 is 11.8 Å². The van der Waals surface area contributed by atoms with E-state index in [0.29, 0.717) is 17.9 Å². The highest BCUT2D eigenvalue weighted by molar-refractivity contribution is 5.89. The van der Waals surface area contributed by atoms with Crippen molar-refractivity contribution in [1.29, 1.82) is 0 Å². The first-order valence-corrected chi connectivity index (χ1v) is 14.5. The van der Waals surface area contributed by atoms with Gasteiger partial charge in [-0.3, -0.25) is 14.4 Å². The van der Waals surface area contributed by atoms with Crippen LogP contribution < -0.4 is 10.6 Å². The van der Waals surface area contributed by atoms with Crippen LogP contribution in [0.1, 0.15) is 74.3 Å². The predicted molar refractivity (Wildman–Crippen MR) is 156 cm³/mol. The molecule has 0 aliphatic carbocycles. The van der Waals surface area contributed by atoms with Crippen LogP contribution in [0.3, 0.4) is 0 Å². The standard InChI is InChI=1S/C30H37N9O3/c1-5-39-17-21(15-32-39)33-29-31-11-8-24(35-29)19-6-7-23-20(14-19)16-38(22-10-13-41-18-22)12-9-25(23)34-26(40)27-36-37-28(42-27)30(2,3)4/h6-8,11,14-15,17,22,25H,5,9-10,12-13,16,18H2,1-4H3,(H,34,40)(H,31,33,35)/t22-,25+/m1/s1. The number of aromatic nitrogens is 6. The Balaban J connectivity index is 1.28. The predicted octanol–water partition coefficient (Wildman–Crippen LogP) is 4.25. The summed E-state index contributed by atoms with van der Waals surface area (Å²) >= 11 is 0. The first-order chi connectivity index (χ1) is 20.3. The Morgan fingerprint density at radius 1 is 1.17 bits per heavy atom. The molecule has 12 heteroatoms. The minimum atomic E-state index is -0.367. The lowest BCUT2D eigenvalue weighted by atomic mass is 9.96. The monoisotopic (exact) mass is 571 g/mol. The van der Waals surface area contributed by atoms with Crippen LogP contribution >= 0.6 is 0 Å². The van der Waals surface area contributed by atoms with E-state index < -0.39 is 0 Å². The number of fused-ring (bicyclic) bond motifs is 1. The number of hydrogen-bond acceptors (Lipinski definition) is 10. The summed E-state index contributed by atoms with van der Waals surface area (Å²) in [5.41, 5.74) is 4.49. The summed E-state index contributed by atoms with van der Waals surface area (Å²) in [6.45, 7) is 11.8. The van der Waals surface area contributed by atoms with Crippen molar-refractivity contribution < 1.29 is 13.9 Å². The van der Waals surface area contributed by atoms with Crippen molar-refractivity contribution in [2.24, 2.45) is 0 Å². The number of hydrogen-bond donors (Lipinski definition) is 2. The summed E-state index contributed by atoms with van der Waals surface area (Å²) in [6.07, 6.45) is 7.19. The molecule has 4 aromatic rings. The van der Waals surface area contributed by atoms with E-state index in [1.165, 1.54) is 0 Å². The maximum Gasteiger partial charge on any atom is 0.309 e. The molecule has 1 saturated heterocycles. The third-order valence-electron chi connectivity index (χ3n) is 7.75. The van der Waals surface area contributed by atoms with Gasteiger partial charge in [-0.05, 0) is 43.0 Å². The quantitative estimate of drug-likeness (QED) is 0.331. The molecule has 1 aromatic carbocycles. The fourth-order valence-electron chi connectivity index (χ4n) is 5.41. The Labute approximate surface area is 244 Å². The van der Waals surface area contributed by atoms with Crippen molar-refractivity contribution in [3.63, 3.8) is 0 Å². The molecule has 2 N–H and O–H groups in total. The number of carbonyl (C=O) groups excluding carboxylic acids is 1. The highest BCUT2D eigenvalue weighted by atomic mass is 16.5. The molecule has 0 radical (unpaired) electrons. The molecule has 2 atom stereocenters. The average molecular weight is 572 g/mol. The summed E-state index contributed by atoms with van der Waals surface area (Å²) in [6, 6.07) is 8.37. The minimum absolute atomic E-state index is 0.0196. The third kappa shape index (κ3) is 6.04. The average Bonchev–Trinajstić information content (AvgIpc) is 3.75. The Morgan fingerprint density at radius 2 is 2.05 bits per heavy atom. The zero-order chi connectivity index (χ0) is 29.3. The number of aryl methyl sites for hydroxylation is 1. The molecule has 2 aliphatic heterocycles. The zero-order valence-corrected chi connectivity index (χ0v) is 24.5. The van der Waals surface area contributed by atoms with Gasteiger partial charge < -0.3 is 19.8 Å². The topological polar surface area (TPSA) is 136 Å². The van der Waals surface area contributed by atoms with E-state index >= 15 is 0 Å². The van der Waals surface area contributed by atoms with Crippen molar-refractivity contribution in [2.45, 2.75) is 71.1 Å². The van der Waals surface area contributed by atoms with Gasteiger partial charge in [0, 0.05) is 55.7 Å². The van der Waals surface area contributed by atoms with Crippen molar-refractivity contribution in [2.75, 3.05) is 25.1 Å². The molecule has 0 unspecified atom stereocenters. The van der Waals surface area contributed by atoms with Gasteiger partial charge in [-0.25, -0.2) is 9.97 Å². The molecule has 0 bridgehead atoms. The maximum atomic E-state index is 13.2. The van der Waals surface area contributed by atoms with E-state index in [-0.39, 0.29) is 23.3 Å². The molecule has 1 fully saturated rings. The van der Waals surface area contributed by atoms with Crippen LogP contribution in [0.4, 0.5) is 11.6 Å². The van der Waals surface area contributed by atoms with Gasteiger partial charge in [-0.1, -0.05) is 32.9 Å². The lowest BCUT2D eigenvalue weighted by molar-refractivity contribution is 0.0891. The number of rotatable bonds is 7. The molecule has 1 amide bonds. The first-order valence-electron chi connectivity index (χ1n) is 14.5. The number of carbonyl (C=O) groups is 1. The number of anilines is 2. The van der Waals surface area contributed by atoms with Crippen LogP contribution in [0.5, 0.6) is 0 Å². The second kappa shape index (κ2) is 11.6. The molecule has 220 valence electrons. The summed E-state index contributed by atoms with van der Waals surface area (Å²) in [5, 5.41) is 18.8.